The molecule has 3 aromatic carbocycles. The second-order valence-electron chi connectivity index (χ2n) is 12.7. The molecule has 3 aromatic rings. The van der Waals surface area contributed by atoms with Gasteiger partial charge in [-0.05, 0) is 62.9 Å². The monoisotopic (exact) mass is 657 g/mol. The van der Waals surface area contributed by atoms with E-state index in [-0.39, 0.29) is 41.2 Å². The highest BCUT2D eigenvalue weighted by Gasteiger charge is 2.87. The van der Waals surface area contributed by atoms with Gasteiger partial charge in [0.2, 0.25) is 17.7 Å². The zero-order valence-electron chi connectivity index (χ0n) is 27.4. The van der Waals surface area contributed by atoms with Gasteiger partial charge in [0.15, 0.2) is 5.41 Å². The first-order valence-corrected chi connectivity index (χ1v) is 15.6. The quantitative estimate of drug-likeness (QED) is 0.115. The van der Waals surface area contributed by atoms with Gasteiger partial charge in [0, 0.05) is 29.0 Å². The van der Waals surface area contributed by atoms with Crippen molar-refractivity contribution in [1.82, 2.24) is 0 Å². The number of rotatable bonds is 6. The highest BCUT2D eigenvalue weighted by atomic mass is 16.6. The Bertz CT molecular complexity index is 2090. The Morgan fingerprint density at radius 2 is 1.61 bits per heavy atom. The Morgan fingerprint density at radius 1 is 0.980 bits per heavy atom. The van der Waals surface area contributed by atoms with Crippen LogP contribution in [0.25, 0.3) is 0 Å². The largest absolute Gasteiger partial charge is 0.463 e. The minimum Gasteiger partial charge on any atom is -0.463 e. The topological polar surface area (TPSA) is 175 Å². The van der Waals surface area contributed by atoms with Crippen molar-refractivity contribution in [2.45, 2.75) is 46.6 Å². The Hall–Kier alpha value is -6.14. The summed E-state index contributed by atoms with van der Waals surface area (Å²) in [5.41, 5.74) is -6.41. The molecule has 2 aliphatic heterocycles. The van der Waals surface area contributed by atoms with Crippen molar-refractivity contribution in [3.8, 4) is 12.1 Å². The third-order valence-corrected chi connectivity index (χ3v) is 10.3. The van der Waals surface area contributed by atoms with E-state index < -0.39 is 56.5 Å². The summed E-state index contributed by atoms with van der Waals surface area (Å²) in [6.07, 6.45) is 0. The molecule has 1 aliphatic carbocycles. The van der Waals surface area contributed by atoms with Crippen LogP contribution in [0.5, 0.6) is 0 Å². The van der Waals surface area contributed by atoms with E-state index in [1.165, 1.54) is 30.9 Å². The van der Waals surface area contributed by atoms with Gasteiger partial charge in [0.25, 0.3) is 5.69 Å². The molecular weight excluding hydrogens is 626 g/mol. The minimum absolute atomic E-state index is 0.0805. The predicted molar refractivity (Wildman–Crippen MR) is 175 cm³/mol. The number of nitrogens with zero attached hydrogens (tertiary/aromatic N) is 5. The fourth-order valence-corrected chi connectivity index (χ4v) is 8.35. The second-order valence-corrected chi connectivity index (χ2v) is 12.7. The van der Waals surface area contributed by atoms with E-state index in [9.17, 15) is 30.2 Å². The number of carbonyl (C=O) groups is 4. The molecule has 0 aromatic heterocycles. The van der Waals surface area contributed by atoms with E-state index >= 15 is 9.59 Å². The van der Waals surface area contributed by atoms with Crippen LogP contribution in [0.4, 0.5) is 17.1 Å². The highest BCUT2D eigenvalue weighted by molar-refractivity contribution is 6.30. The number of carbonyl (C=O) groups excluding carboxylic acids is 4. The van der Waals surface area contributed by atoms with Gasteiger partial charge >= 0.3 is 5.97 Å². The van der Waals surface area contributed by atoms with E-state index in [4.69, 9.17) is 4.74 Å². The molecular formula is C37H31N5O7. The molecule has 1 saturated heterocycles. The standard InChI is InChI=1S/C37H31N5O7/c1-6-49-32(44)23(4)28-29-31(43)41(30-21(2)11-10-12-22(30)3)33(45)35(29,5)37(36(28,19-38)20-39)26-17-25(42(47)48)15-16-27(26)40(34(37)46)18-24-13-8-7-9-14-24/h7-17,29H,6,18H2,1-5H3/b28-23+/t29-,35-,37-/m0/s1. The average Bonchev–Trinajstić information content (AvgIpc) is 3.54. The summed E-state index contributed by atoms with van der Waals surface area (Å²) < 4.78 is 5.28. The molecule has 12 nitrogen and oxygen atoms in total. The molecule has 2 fully saturated rings. The van der Waals surface area contributed by atoms with Gasteiger partial charge in [0.05, 0.1) is 47.2 Å². The lowest BCUT2D eigenvalue weighted by Gasteiger charge is -2.42. The van der Waals surface area contributed by atoms with Gasteiger partial charge in [-0.25, -0.2) is 9.69 Å². The van der Waals surface area contributed by atoms with Crippen LogP contribution in [0, 0.1) is 63.4 Å². The van der Waals surface area contributed by atoms with Crippen LogP contribution in [-0.2, 0) is 35.9 Å². The van der Waals surface area contributed by atoms with Crippen molar-refractivity contribution in [2.24, 2.45) is 16.7 Å². The lowest BCUT2D eigenvalue weighted by atomic mass is 9.53. The lowest BCUT2D eigenvalue weighted by Crippen LogP contribution is -2.60. The molecule has 1 saturated carbocycles. The summed E-state index contributed by atoms with van der Waals surface area (Å²) in [4.78, 5) is 72.9. The van der Waals surface area contributed by atoms with Gasteiger partial charge in [-0.3, -0.25) is 24.5 Å². The number of ether oxygens (including phenoxy) is 1. The first-order valence-electron chi connectivity index (χ1n) is 15.6. The molecule has 0 unspecified atom stereocenters. The van der Waals surface area contributed by atoms with Crippen molar-refractivity contribution in [1.29, 1.82) is 10.5 Å². The fourth-order valence-electron chi connectivity index (χ4n) is 8.35. The zero-order valence-corrected chi connectivity index (χ0v) is 27.4. The number of hydrogen-bond donors (Lipinski definition) is 0. The van der Waals surface area contributed by atoms with Gasteiger partial charge < -0.3 is 9.64 Å². The van der Waals surface area contributed by atoms with E-state index in [0.29, 0.717) is 16.7 Å². The van der Waals surface area contributed by atoms with E-state index in [0.717, 1.165) is 11.0 Å². The molecule has 49 heavy (non-hydrogen) atoms. The van der Waals surface area contributed by atoms with Crippen molar-refractivity contribution in [3.05, 3.63) is 110 Å². The smallest absolute Gasteiger partial charge is 0.333 e. The number of esters is 1. The number of para-hydroxylation sites is 1. The van der Waals surface area contributed by atoms with Crippen LogP contribution in [0.2, 0.25) is 0 Å². The van der Waals surface area contributed by atoms with Crippen molar-refractivity contribution in [3.63, 3.8) is 0 Å². The first kappa shape index (κ1) is 32.8. The Kier molecular flexibility index (Phi) is 7.52. The van der Waals surface area contributed by atoms with Gasteiger partial charge in [-0.2, -0.15) is 10.5 Å². The Labute approximate surface area is 281 Å². The van der Waals surface area contributed by atoms with Crippen molar-refractivity contribution >= 4 is 40.8 Å². The van der Waals surface area contributed by atoms with Crippen LogP contribution in [0.3, 0.4) is 0 Å². The predicted octanol–water partition coefficient (Wildman–Crippen LogP) is 5.12. The second kappa shape index (κ2) is 11.2. The summed E-state index contributed by atoms with van der Waals surface area (Å²) in [6.45, 7) is 7.47. The highest BCUT2D eigenvalue weighted by Crippen LogP contribution is 2.75. The summed E-state index contributed by atoms with van der Waals surface area (Å²) in [6, 6.07) is 21.7. The van der Waals surface area contributed by atoms with Crippen LogP contribution < -0.4 is 9.80 Å². The number of aryl methyl sites for hydroxylation is 2. The molecule has 0 N–H and O–H groups in total. The summed E-state index contributed by atoms with van der Waals surface area (Å²) >= 11 is 0. The first-order chi connectivity index (χ1) is 23.3. The molecule has 3 amide bonds. The molecule has 246 valence electrons. The van der Waals surface area contributed by atoms with E-state index in [2.05, 4.69) is 0 Å². The summed E-state index contributed by atoms with van der Waals surface area (Å²) in [5, 5.41) is 34.6. The molecule has 3 atom stereocenters. The van der Waals surface area contributed by atoms with Crippen LogP contribution >= 0.6 is 0 Å². The number of nitro benzene ring substituents is 1. The maximum atomic E-state index is 15.5. The maximum Gasteiger partial charge on any atom is 0.333 e. The SMILES string of the molecule is CCOC(=O)/C(C)=C1\[C@H]2C(=O)N(c3c(C)cccc3C)C(=O)[C@@]2(C)[C@]2(C(=O)N(Cc3ccccc3)c3ccc([N+](=O)[O-])cc32)C1(C#N)C#N. The van der Waals surface area contributed by atoms with E-state index in [1.807, 2.05) is 12.1 Å². The molecule has 3 aliphatic rings. The number of anilines is 2. The fraction of sp³-hybridized carbons (Fsp3) is 0.297. The van der Waals surface area contributed by atoms with Gasteiger partial charge in [0.1, 0.15) is 5.41 Å². The number of hydrogen-bond acceptors (Lipinski definition) is 9. The number of amides is 3. The molecule has 1 spiro atoms. The van der Waals surface area contributed by atoms with Gasteiger partial charge in [-0.15, -0.1) is 0 Å². The normalized spacial score (nSPS) is 24.4. The number of nitro groups is 1. The molecule has 0 bridgehead atoms. The number of nitriles is 2. The zero-order chi connectivity index (χ0) is 35.6. The number of imide groups is 1. The number of non-ortho nitro benzene ring substituents is 1. The molecule has 2 heterocycles. The summed E-state index contributed by atoms with van der Waals surface area (Å²) in [5.74, 6) is -5.21. The van der Waals surface area contributed by atoms with Crippen LogP contribution in [-0.4, -0.2) is 35.2 Å². The maximum absolute atomic E-state index is 15.5. The van der Waals surface area contributed by atoms with E-state index in [1.54, 1.807) is 69.3 Å². The third kappa shape index (κ3) is 3.94. The minimum atomic E-state index is -2.66. The van der Waals surface area contributed by atoms with Crippen molar-refractivity contribution < 1.29 is 28.8 Å². The van der Waals surface area contributed by atoms with Crippen LogP contribution in [0.15, 0.2) is 77.9 Å². The lowest BCUT2D eigenvalue weighted by molar-refractivity contribution is -0.384. The van der Waals surface area contributed by atoms with Crippen molar-refractivity contribution in [2.75, 3.05) is 16.4 Å². The Morgan fingerprint density at radius 3 is 2.18 bits per heavy atom. The average molecular weight is 658 g/mol. The molecule has 6 rings (SSSR count). The number of fused-ring (bicyclic) bond motifs is 4. The van der Waals surface area contributed by atoms with Crippen LogP contribution in [0.1, 0.15) is 43.0 Å². The molecule has 12 heteroatoms. The third-order valence-electron chi connectivity index (χ3n) is 10.3. The number of benzene rings is 3. The Balaban J connectivity index is 1.79. The molecule has 0 radical (unpaired) electrons. The summed E-state index contributed by atoms with van der Waals surface area (Å²) in [7, 11) is 0. The van der Waals surface area contributed by atoms with Gasteiger partial charge in [-0.1, -0.05) is 48.5 Å².